The van der Waals surface area contributed by atoms with Crippen molar-refractivity contribution in [3.63, 3.8) is 0 Å². The lowest BCUT2D eigenvalue weighted by Crippen LogP contribution is -2.32. The van der Waals surface area contributed by atoms with Crippen molar-refractivity contribution in [3.8, 4) is 0 Å². The maximum Gasteiger partial charge on any atom is 0.0250 e. The monoisotopic (exact) mass is 193 g/mol. The molecular weight excluding hydrogens is 170 g/mol. The zero-order valence-corrected chi connectivity index (χ0v) is 9.17. The van der Waals surface area contributed by atoms with E-state index in [1.54, 1.807) is 0 Å². The molecule has 0 aromatic carbocycles. The Bertz CT molecular complexity index is 154. The largest absolute Gasteiger partial charge is 0.311 e. The Morgan fingerprint density at radius 2 is 1.57 bits per heavy atom. The highest BCUT2D eigenvalue weighted by atomic mass is 14.9. The molecule has 80 valence electrons. The van der Waals surface area contributed by atoms with Crippen molar-refractivity contribution >= 4 is 0 Å². The molecular formula is C13H23N. The smallest absolute Gasteiger partial charge is 0.0250 e. The van der Waals surface area contributed by atoms with Crippen molar-refractivity contribution in [1.29, 1.82) is 0 Å². The van der Waals surface area contributed by atoms with E-state index in [2.05, 4.69) is 17.5 Å². The maximum absolute atomic E-state index is 3.57. The van der Waals surface area contributed by atoms with E-state index >= 15 is 0 Å². The molecule has 0 amide bonds. The van der Waals surface area contributed by atoms with Gasteiger partial charge in [0.1, 0.15) is 0 Å². The van der Waals surface area contributed by atoms with Crippen molar-refractivity contribution in [1.82, 2.24) is 5.32 Å². The van der Waals surface area contributed by atoms with E-state index in [4.69, 9.17) is 0 Å². The molecule has 1 aliphatic carbocycles. The van der Waals surface area contributed by atoms with Crippen LogP contribution in [0.5, 0.6) is 0 Å². The Hall–Kier alpha value is -0.300. The van der Waals surface area contributed by atoms with Crippen LogP contribution in [0.25, 0.3) is 0 Å². The standard InChI is InChI=1S/C13H23N/c1-2-6-12(7-3-1)9-10-13-8-4-5-11-14-13/h9-10,12-14H,1-8,11H2/b10-9+. The molecule has 0 spiro atoms. The van der Waals surface area contributed by atoms with Crippen LogP contribution in [0.4, 0.5) is 0 Å². The lowest BCUT2D eigenvalue weighted by atomic mass is 9.88. The summed E-state index contributed by atoms with van der Waals surface area (Å²) in [6.45, 7) is 1.22. The van der Waals surface area contributed by atoms with Crippen molar-refractivity contribution < 1.29 is 0 Å². The SMILES string of the molecule is C(=C\C1CCCCN1)/C1CCCCC1. The van der Waals surface area contributed by atoms with E-state index in [0.717, 1.165) is 5.92 Å². The molecule has 2 rings (SSSR count). The van der Waals surface area contributed by atoms with Crippen molar-refractivity contribution in [3.05, 3.63) is 12.2 Å². The quantitative estimate of drug-likeness (QED) is 0.664. The summed E-state index contributed by atoms with van der Waals surface area (Å²) in [5.41, 5.74) is 0. The summed E-state index contributed by atoms with van der Waals surface area (Å²) < 4.78 is 0. The average Bonchev–Trinajstić information content (AvgIpc) is 2.29. The zero-order valence-electron chi connectivity index (χ0n) is 9.17. The van der Waals surface area contributed by atoms with Gasteiger partial charge in [-0.2, -0.15) is 0 Å². The van der Waals surface area contributed by atoms with Crippen LogP contribution in [0, 0.1) is 5.92 Å². The van der Waals surface area contributed by atoms with Gasteiger partial charge in [-0.25, -0.2) is 0 Å². The predicted molar refractivity (Wildman–Crippen MR) is 61.4 cm³/mol. The molecule has 0 bridgehead atoms. The topological polar surface area (TPSA) is 12.0 Å². The summed E-state index contributed by atoms with van der Waals surface area (Å²) in [5, 5.41) is 3.57. The van der Waals surface area contributed by atoms with E-state index < -0.39 is 0 Å². The molecule has 0 radical (unpaired) electrons. The highest BCUT2D eigenvalue weighted by Gasteiger charge is 2.12. The fraction of sp³-hybridized carbons (Fsp3) is 0.846. The molecule has 1 nitrogen and oxygen atoms in total. The van der Waals surface area contributed by atoms with Crippen LogP contribution in [0.15, 0.2) is 12.2 Å². The van der Waals surface area contributed by atoms with Crippen LogP contribution >= 0.6 is 0 Å². The minimum absolute atomic E-state index is 0.686. The highest BCUT2D eigenvalue weighted by molar-refractivity contribution is 4.98. The van der Waals surface area contributed by atoms with Gasteiger partial charge in [-0.15, -0.1) is 0 Å². The lowest BCUT2D eigenvalue weighted by Gasteiger charge is -2.22. The Morgan fingerprint density at radius 1 is 0.786 bits per heavy atom. The zero-order chi connectivity index (χ0) is 9.64. The van der Waals surface area contributed by atoms with Crippen molar-refractivity contribution in [2.24, 2.45) is 5.92 Å². The maximum atomic E-state index is 3.57. The van der Waals surface area contributed by atoms with Crippen LogP contribution in [0.2, 0.25) is 0 Å². The van der Waals surface area contributed by atoms with Gasteiger partial charge in [0.05, 0.1) is 0 Å². The van der Waals surface area contributed by atoms with E-state index in [9.17, 15) is 0 Å². The van der Waals surface area contributed by atoms with Gasteiger partial charge in [-0.05, 0) is 38.1 Å². The normalized spacial score (nSPS) is 31.0. The average molecular weight is 193 g/mol. The Kier molecular flexibility index (Phi) is 4.05. The third-order valence-corrected chi connectivity index (χ3v) is 3.61. The van der Waals surface area contributed by atoms with Gasteiger partial charge in [0.15, 0.2) is 0 Å². The van der Waals surface area contributed by atoms with Crippen LogP contribution in [0.3, 0.4) is 0 Å². The molecule has 1 atom stereocenters. The first-order valence-corrected chi connectivity index (χ1v) is 6.37. The van der Waals surface area contributed by atoms with Gasteiger partial charge in [-0.3, -0.25) is 0 Å². The lowest BCUT2D eigenvalue weighted by molar-refractivity contribution is 0.412. The first-order chi connectivity index (χ1) is 6.95. The molecule has 1 saturated heterocycles. The van der Waals surface area contributed by atoms with Crippen LogP contribution in [0.1, 0.15) is 51.4 Å². The van der Waals surface area contributed by atoms with E-state index in [0.29, 0.717) is 6.04 Å². The molecule has 1 heterocycles. The Balaban J connectivity index is 1.73. The number of hydrogen-bond donors (Lipinski definition) is 1. The van der Waals surface area contributed by atoms with Gasteiger partial charge in [0.25, 0.3) is 0 Å². The Labute approximate surface area is 88.0 Å². The summed E-state index contributed by atoms with van der Waals surface area (Å²) >= 11 is 0. The number of piperidine rings is 1. The third-order valence-electron chi connectivity index (χ3n) is 3.61. The van der Waals surface area contributed by atoms with Gasteiger partial charge in [0, 0.05) is 6.04 Å². The molecule has 1 unspecified atom stereocenters. The molecule has 1 heteroatoms. The number of hydrogen-bond acceptors (Lipinski definition) is 1. The third kappa shape index (κ3) is 3.13. The number of rotatable bonds is 2. The molecule has 2 aliphatic rings. The highest BCUT2D eigenvalue weighted by Crippen LogP contribution is 2.24. The summed E-state index contributed by atoms with van der Waals surface area (Å²) in [4.78, 5) is 0. The van der Waals surface area contributed by atoms with Gasteiger partial charge < -0.3 is 5.32 Å². The van der Waals surface area contributed by atoms with Gasteiger partial charge in [-0.1, -0.05) is 37.8 Å². The molecule has 1 saturated carbocycles. The van der Waals surface area contributed by atoms with Gasteiger partial charge >= 0.3 is 0 Å². The van der Waals surface area contributed by atoms with E-state index in [1.807, 2.05) is 0 Å². The number of allylic oxidation sites excluding steroid dienone is 1. The summed E-state index contributed by atoms with van der Waals surface area (Å²) in [7, 11) is 0. The summed E-state index contributed by atoms with van der Waals surface area (Å²) in [6, 6.07) is 0.686. The Morgan fingerprint density at radius 3 is 2.29 bits per heavy atom. The minimum atomic E-state index is 0.686. The minimum Gasteiger partial charge on any atom is -0.311 e. The fourth-order valence-corrected chi connectivity index (χ4v) is 2.66. The molecule has 0 aromatic heterocycles. The van der Waals surface area contributed by atoms with E-state index in [1.165, 1.54) is 57.9 Å². The van der Waals surface area contributed by atoms with E-state index in [-0.39, 0.29) is 0 Å². The second-order valence-electron chi connectivity index (χ2n) is 4.84. The fourth-order valence-electron chi connectivity index (χ4n) is 2.66. The second-order valence-corrected chi connectivity index (χ2v) is 4.84. The van der Waals surface area contributed by atoms with Crippen molar-refractivity contribution in [2.75, 3.05) is 6.54 Å². The molecule has 14 heavy (non-hydrogen) atoms. The summed E-state index contributed by atoms with van der Waals surface area (Å²) in [6.07, 6.45) is 16.3. The molecule has 0 aromatic rings. The molecule has 1 aliphatic heterocycles. The predicted octanol–water partition coefficient (Wildman–Crippen LogP) is 3.27. The molecule has 1 N–H and O–H groups in total. The second kappa shape index (κ2) is 5.55. The van der Waals surface area contributed by atoms with Crippen LogP contribution in [-0.4, -0.2) is 12.6 Å². The van der Waals surface area contributed by atoms with Crippen molar-refractivity contribution in [2.45, 2.75) is 57.4 Å². The van der Waals surface area contributed by atoms with Gasteiger partial charge in [0.2, 0.25) is 0 Å². The van der Waals surface area contributed by atoms with Crippen LogP contribution < -0.4 is 5.32 Å². The van der Waals surface area contributed by atoms with Crippen LogP contribution in [-0.2, 0) is 0 Å². The summed E-state index contributed by atoms with van der Waals surface area (Å²) in [5.74, 6) is 0.896. The first-order valence-electron chi connectivity index (χ1n) is 6.37. The molecule has 2 fully saturated rings. The first kappa shape index (κ1) is 10.2. The number of nitrogens with one attached hydrogen (secondary N) is 1.